The first-order valence-corrected chi connectivity index (χ1v) is 10.7. The molecule has 5 nitrogen and oxygen atoms in total. The number of hydrogen-bond donors (Lipinski definition) is 0. The fourth-order valence-electron chi connectivity index (χ4n) is 3.96. The number of carbonyl (C=O) groups is 1. The van der Waals surface area contributed by atoms with Gasteiger partial charge < -0.3 is 14.2 Å². The molecule has 0 aromatic heterocycles. The van der Waals surface area contributed by atoms with E-state index in [1.54, 1.807) is 14.2 Å². The fourth-order valence-corrected chi connectivity index (χ4v) is 3.96. The number of benzene rings is 3. The van der Waals surface area contributed by atoms with Gasteiger partial charge in [0.1, 0.15) is 0 Å². The van der Waals surface area contributed by atoms with Crippen LogP contribution in [0.5, 0.6) is 11.5 Å². The molecule has 0 radical (unpaired) electrons. The van der Waals surface area contributed by atoms with E-state index >= 15 is 0 Å². The van der Waals surface area contributed by atoms with E-state index < -0.39 is 0 Å². The quantitative estimate of drug-likeness (QED) is 0.391. The first-order chi connectivity index (χ1) is 15.6. The van der Waals surface area contributed by atoms with Crippen molar-refractivity contribution < 1.29 is 19.0 Å². The molecule has 5 heteroatoms. The largest absolute Gasteiger partial charge is 0.493 e. The van der Waals surface area contributed by atoms with Crippen molar-refractivity contribution in [3.05, 3.63) is 95.6 Å². The third-order valence-electron chi connectivity index (χ3n) is 5.77. The normalized spacial score (nSPS) is 12.8. The molecule has 168 valence electrons. The van der Waals surface area contributed by atoms with E-state index in [1.165, 1.54) is 18.2 Å². The summed E-state index contributed by atoms with van der Waals surface area (Å²) in [7, 11) is 4.66. The maximum absolute atomic E-state index is 12.5. The van der Waals surface area contributed by atoms with Crippen molar-refractivity contribution in [1.82, 2.24) is 4.90 Å². The number of carbonyl (C=O) groups excluding carboxylic acids is 1. The Hall–Kier alpha value is -3.31. The van der Waals surface area contributed by atoms with Crippen LogP contribution in [0.4, 0.5) is 0 Å². The summed E-state index contributed by atoms with van der Waals surface area (Å²) < 4.78 is 16.0. The molecule has 0 saturated heterocycles. The summed E-state index contributed by atoms with van der Waals surface area (Å²) in [6, 6.07) is 26.3. The molecule has 2 atom stereocenters. The molecule has 0 aliphatic rings. The van der Waals surface area contributed by atoms with Gasteiger partial charge in [0.2, 0.25) is 0 Å². The van der Waals surface area contributed by atoms with Gasteiger partial charge in [0.05, 0.1) is 27.8 Å². The van der Waals surface area contributed by atoms with Crippen molar-refractivity contribution in [3.63, 3.8) is 0 Å². The summed E-state index contributed by atoms with van der Waals surface area (Å²) in [4.78, 5) is 14.8. The lowest BCUT2D eigenvalue weighted by Crippen LogP contribution is -2.33. The van der Waals surface area contributed by atoms with Gasteiger partial charge in [-0.3, -0.25) is 9.69 Å². The monoisotopic (exact) mass is 433 g/mol. The number of ether oxygens (including phenoxy) is 3. The number of nitrogens with zero attached hydrogens (tertiary/aromatic N) is 1. The van der Waals surface area contributed by atoms with Crippen molar-refractivity contribution >= 4 is 5.97 Å². The first kappa shape index (κ1) is 23.4. The van der Waals surface area contributed by atoms with Gasteiger partial charge in [-0.2, -0.15) is 0 Å². The van der Waals surface area contributed by atoms with Crippen LogP contribution in [-0.4, -0.2) is 32.2 Å². The third kappa shape index (κ3) is 5.68. The van der Waals surface area contributed by atoms with E-state index in [1.807, 2.05) is 54.6 Å². The van der Waals surface area contributed by atoms with Gasteiger partial charge >= 0.3 is 5.97 Å². The summed E-state index contributed by atoms with van der Waals surface area (Å²) >= 11 is 0. The van der Waals surface area contributed by atoms with Gasteiger partial charge in [-0.05, 0) is 35.7 Å². The Morgan fingerprint density at radius 2 is 1.44 bits per heavy atom. The SMILES string of the molecule is COC(=O)C[C@H](c1ccc(OC)c(OC)c1)N(Cc1ccccc1)[C@@H](C)c1ccccc1. The Balaban J connectivity index is 2.08. The lowest BCUT2D eigenvalue weighted by Gasteiger charge is -2.37. The number of rotatable bonds is 10. The van der Waals surface area contributed by atoms with Crippen LogP contribution >= 0.6 is 0 Å². The maximum atomic E-state index is 12.5. The number of esters is 1. The Morgan fingerprint density at radius 3 is 2.03 bits per heavy atom. The van der Waals surface area contributed by atoms with Gasteiger partial charge in [-0.1, -0.05) is 66.7 Å². The number of methoxy groups -OCH3 is 3. The molecule has 3 aromatic carbocycles. The fraction of sp³-hybridized carbons (Fsp3) is 0.296. The van der Waals surface area contributed by atoms with E-state index in [0.29, 0.717) is 18.0 Å². The predicted octanol–water partition coefficient (Wildman–Crippen LogP) is 5.57. The van der Waals surface area contributed by atoms with Crippen LogP contribution in [0.25, 0.3) is 0 Å². The predicted molar refractivity (Wildman–Crippen MR) is 126 cm³/mol. The van der Waals surface area contributed by atoms with Gasteiger partial charge in [0, 0.05) is 18.6 Å². The van der Waals surface area contributed by atoms with Crippen molar-refractivity contribution in [2.24, 2.45) is 0 Å². The third-order valence-corrected chi connectivity index (χ3v) is 5.77. The first-order valence-electron chi connectivity index (χ1n) is 10.7. The summed E-state index contributed by atoms with van der Waals surface area (Å²) in [6.07, 6.45) is 0.218. The van der Waals surface area contributed by atoms with Crippen molar-refractivity contribution in [1.29, 1.82) is 0 Å². The molecule has 0 heterocycles. The lowest BCUT2D eigenvalue weighted by atomic mass is 9.96. The molecule has 0 fully saturated rings. The van der Waals surface area contributed by atoms with Gasteiger partial charge in [-0.15, -0.1) is 0 Å². The highest BCUT2D eigenvalue weighted by atomic mass is 16.5. The molecule has 0 saturated carbocycles. The minimum atomic E-state index is -0.261. The van der Waals surface area contributed by atoms with Crippen LogP contribution in [0.2, 0.25) is 0 Å². The average Bonchev–Trinajstić information content (AvgIpc) is 2.86. The minimum Gasteiger partial charge on any atom is -0.493 e. The van der Waals surface area contributed by atoms with Crippen LogP contribution < -0.4 is 9.47 Å². The van der Waals surface area contributed by atoms with Crippen molar-refractivity contribution in [2.45, 2.75) is 32.0 Å². The molecule has 3 aromatic rings. The zero-order chi connectivity index (χ0) is 22.9. The van der Waals surface area contributed by atoms with Gasteiger partial charge in [0.25, 0.3) is 0 Å². The van der Waals surface area contributed by atoms with Crippen LogP contribution in [0.15, 0.2) is 78.9 Å². The Kier molecular flexibility index (Phi) is 8.28. The maximum Gasteiger partial charge on any atom is 0.307 e. The Labute approximate surface area is 190 Å². The molecule has 0 aliphatic carbocycles. The molecule has 0 amide bonds. The second-order valence-corrected chi connectivity index (χ2v) is 7.66. The minimum absolute atomic E-state index is 0.0548. The molecule has 0 bridgehead atoms. The zero-order valence-corrected chi connectivity index (χ0v) is 19.2. The van der Waals surface area contributed by atoms with Crippen molar-refractivity contribution in [3.8, 4) is 11.5 Å². The lowest BCUT2D eigenvalue weighted by molar-refractivity contribution is -0.142. The smallest absolute Gasteiger partial charge is 0.307 e. The van der Waals surface area contributed by atoms with Crippen LogP contribution in [-0.2, 0) is 16.1 Å². The Bertz CT molecular complexity index is 991. The van der Waals surface area contributed by atoms with Gasteiger partial charge in [0.15, 0.2) is 11.5 Å². The molecule has 3 rings (SSSR count). The molecule has 0 aliphatic heterocycles. The second-order valence-electron chi connectivity index (χ2n) is 7.66. The van der Waals surface area contributed by atoms with Crippen LogP contribution in [0.3, 0.4) is 0 Å². The summed E-state index contributed by atoms with van der Waals surface area (Å²) in [6.45, 7) is 2.84. The molecule has 0 N–H and O–H groups in total. The van der Waals surface area contributed by atoms with Crippen LogP contribution in [0, 0.1) is 0 Å². The topological polar surface area (TPSA) is 48.0 Å². The van der Waals surface area contributed by atoms with Gasteiger partial charge in [-0.25, -0.2) is 0 Å². The second kappa shape index (κ2) is 11.3. The van der Waals surface area contributed by atoms with E-state index in [0.717, 1.165) is 5.56 Å². The molecule has 32 heavy (non-hydrogen) atoms. The molecular formula is C27H31NO4. The summed E-state index contributed by atoms with van der Waals surface area (Å²) in [5.41, 5.74) is 3.32. The summed E-state index contributed by atoms with van der Waals surface area (Å²) in [5, 5.41) is 0. The van der Waals surface area contributed by atoms with E-state index in [-0.39, 0.29) is 24.5 Å². The zero-order valence-electron chi connectivity index (χ0n) is 19.2. The average molecular weight is 434 g/mol. The molecule has 0 unspecified atom stereocenters. The standard InChI is InChI=1S/C27H31NO4/c1-20(22-13-9-6-10-14-22)28(19-21-11-7-5-8-12-21)24(18-27(29)32-4)23-15-16-25(30-2)26(17-23)31-3/h5-17,20,24H,18-19H2,1-4H3/t20-,24+/m0/s1. The van der Waals surface area contributed by atoms with E-state index in [4.69, 9.17) is 14.2 Å². The Morgan fingerprint density at radius 1 is 0.812 bits per heavy atom. The summed E-state index contributed by atoms with van der Waals surface area (Å²) in [5.74, 6) is 1.02. The highest BCUT2D eigenvalue weighted by Gasteiger charge is 2.29. The highest BCUT2D eigenvalue weighted by Crippen LogP contribution is 2.38. The van der Waals surface area contributed by atoms with Crippen LogP contribution in [0.1, 0.15) is 42.1 Å². The van der Waals surface area contributed by atoms with Crippen molar-refractivity contribution in [2.75, 3.05) is 21.3 Å². The highest BCUT2D eigenvalue weighted by molar-refractivity contribution is 5.70. The number of hydrogen-bond acceptors (Lipinski definition) is 5. The molecule has 0 spiro atoms. The molecular weight excluding hydrogens is 402 g/mol. The van der Waals surface area contributed by atoms with E-state index in [9.17, 15) is 4.79 Å². The van der Waals surface area contributed by atoms with E-state index in [2.05, 4.69) is 36.1 Å².